The second-order valence-corrected chi connectivity index (χ2v) is 5.62. The van der Waals surface area contributed by atoms with Crippen molar-refractivity contribution in [1.82, 2.24) is 9.88 Å². The lowest BCUT2D eigenvalue weighted by Gasteiger charge is -2.08. The molecule has 0 saturated carbocycles. The monoisotopic (exact) mass is 326 g/mol. The molecule has 4 nitrogen and oxygen atoms in total. The molecule has 1 aromatic heterocycles. The fourth-order valence-electron chi connectivity index (χ4n) is 2.76. The number of aromatic nitrogens is 1. The highest BCUT2D eigenvalue weighted by Crippen LogP contribution is 2.21. The first kappa shape index (κ1) is 16.4. The van der Waals surface area contributed by atoms with E-state index >= 15 is 0 Å². The summed E-state index contributed by atoms with van der Waals surface area (Å²) < 4.78 is 14.9. The summed E-state index contributed by atoms with van der Waals surface area (Å²) in [5.41, 5.74) is 2.60. The third-order valence-corrected chi connectivity index (χ3v) is 3.99. The molecule has 0 amide bonds. The zero-order valence-electron chi connectivity index (χ0n) is 13.2. The minimum Gasteiger partial charge on any atom is -0.395 e. The Morgan fingerprint density at radius 2 is 1.92 bits per heavy atom. The Bertz CT molecular complexity index is 840. The molecule has 0 atom stereocenters. The Morgan fingerprint density at radius 1 is 1.12 bits per heavy atom. The molecule has 2 N–H and O–H groups in total. The van der Waals surface area contributed by atoms with Crippen LogP contribution in [0.4, 0.5) is 4.39 Å². The van der Waals surface area contributed by atoms with Crippen LogP contribution in [0.5, 0.6) is 0 Å². The van der Waals surface area contributed by atoms with Gasteiger partial charge in [-0.25, -0.2) is 4.39 Å². The van der Waals surface area contributed by atoms with E-state index in [0.717, 1.165) is 16.5 Å². The number of nitrogens with zero attached hydrogens (tertiary/aromatic N) is 1. The van der Waals surface area contributed by atoms with E-state index in [2.05, 4.69) is 5.32 Å². The van der Waals surface area contributed by atoms with Gasteiger partial charge in [-0.2, -0.15) is 0 Å². The lowest BCUT2D eigenvalue weighted by Crippen LogP contribution is -2.17. The van der Waals surface area contributed by atoms with Crippen LogP contribution in [-0.4, -0.2) is 28.6 Å². The highest BCUT2D eigenvalue weighted by molar-refractivity contribution is 5.97. The largest absolute Gasteiger partial charge is 0.395 e. The van der Waals surface area contributed by atoms with Gasteiger partial charge >= 0.3 is 0 Å². The number of nitrogens with one attached hydrogen (secondary N) is 1. The molecule has 124 valence electrons. The maximum absolute atomic E-state index is 13.0. The Morgan fingerprint density at radius 3 is 2.67 bits per heavy atom. The maximum atomic E-state index is 13.0. The van der Waals surface area contributed by atoms with Gasteiger partial charge in [0.05, 0.1) is 13.2 Å². The minimum atomic E-state index is -0.349. The van der Waals surface area contributed by atoms with Gasteiger partial charge in [0.25, 0.3) is 0 Å². The summed E-state index contributed by atoms with van der Waals surface area (Å²) in [6.45, 7) is 1.51. The molecule has 0 saturated heterocycles. The van der Waals surface area contributed by atoms with Crippen molar-refractivity contribution in [2.45, 2.75) is 13.1 Å². The molecule has 0 fully saturated rings. The average molecular weight is 326 g/mol. The number of carbonyl (C=O) groups excluding carboxylic acids is 1. The molecule has 5 heteroatoms. The van der Waals surface area contributed by atoms with E-state index < -0.39 is 0 Å². The van der Waals surface area contributed by atoms with Crippen molar-refractivity contribution in [3.63, 3.8) is 0 Å². The first-order chi connectivity index (χ1) is 11.7. The van der Waals surface area contributed by atoms with Crippen LogP contribution in [0.3, 0.4) is 0 Å². The number of halogens is 1. The van der Waals surface area contributed by atoms with Gasteiger partial charge in [-0.3, -0.25) is 4.79 Å². The summed E-state index contributed by atoms with van der Waals surface area (Å²) in [5.74, 6) is -0.408. The van der Waals surface area contributed by atoms with E-state index in [1.807, 2.05) is 35.0 Å². The van der Waals surface area contributed by atoms with Crippen LogP contribution in [0.15, 0.2) is 54.7 Å². The van der Waals surface area contributed by atoms with Crippen molar-refractivity contribution in [3.8, 4) is 0 Å². The van der Waals surface area contributed by atoms with Gasteiger partial charge in [0, 0.05) is 35.8 Å². The van der Waals surface area contributed by atoms with Gasteiger partial charge in [0.2, 0.25) is 0 Å². The van der Waals surface area contributed by atoms with Crippen LogP contribution in [0.25, 0.3) is 10.9 Å². The van der Waals surface area contributed by atoms with Gasteiger partial charge in [0.15, 0.2) is 5.78 Å². The highest BCUT2D eigenvalue weighted by atomic mass is 19.1. The van der Waals surface area contributed by atoms with E-state index in [1.54, 1.807) is 0 Å². The molecule has 0 aliphatic carbocycles. The number of rotatable bonds is 7. The van der Waals surface area contributed by atoms with Crippen molar-refractivity contribution in [1.29, 1.82) is 0 Å². The van der Waals surface area contributed by atoms with E-state index in [4.69, 9.17) is 5.11 Å². The summed E-state index contributed by atoms with van der Waals surface area (Å²) in [6, 6.07) is 13.6. The van der Waals surface area contributed by atoms with Crippen LogP contribution < -0.4 is 5.32 Å². The minimum absolute atomic E-state index is 0.0590. The molecule has 24 heavy (non-hydrogen) atoms. The van der Waals surface area contributed by atoms with Crippen LogP contribution in [0.2, 0.25) is 0 Å². The van der Waals surface area contributed by atoms with Crippen LogP contribution in [0.1, 0.15) is 15.9 Å². The normalized spacial score (nSPS) is 11.1. The number of carbonyl (C=O) groups is 1. The lowest BCUT2D eigenvalue weighted by atomic mass is 10.1. The number of ketones is 1. The first-order valence-corrected chi connectivity index (χ1v) is 7.86. The third kappa shape index (κ3) is 3.53. The van der Waals surface area contributed by atoms with Gasteiger partial charge in [-0.15, -0.1) is 0 Å². The molecule has 3 rings (SSSR count). The second kappa shape index (κ2) is 7.38. The van der Waals surface area contributed by atoms with Gasteiger partial charge in [-0.1, -0.05) is 12.1 Å². The van der Waals surface area contributed by atoms with E-state index in [1.165, 1.54) is 24.3 Å². The molecule has 1 heterocycles. The molecule has 2 aromatic carbocycles. The topological polar surface area (TPSA) is 54.3 Å². The standard InChI is InChI=1S/C19H19FN2O2/c20-16-6-4-14(5-7-16)19(24)13-22-10-8-17-15(12-21-9-11-23)2-1-3-18(17)22/h1-8,10,21,23H,9,11-13H2. The zero-order valence-corrected chi connectivity index (χ0v) is 13.2. The van der Waals surface area contributed by atoms with E-state index in [0.29, 0.717) is 18.7 Å². The summed E-state index contributed by atoms with van der Waals surface area (Å²) in [5, 5.41) is 13.1. The molecule has 0 unspecified atom stereocenters. The quantitative estimate of drug-likeness (QED) is 0.518. The Hall–Kier alpha value is -2.50. The third-order valence-electron chi connectivity index (χ3n) is 3.99. The van der Waals surface area contributed by atoms with Crippen molar-refractivity contribution < 1.29 is 14.3 Å². The smallest absolute Gasteiger partial charge is 0.182 e. The van der Waals surface area contributed by atoms with Crippen LogP contribution in [-0.2, 0) is 13.1 Å². The Kier molecular flexibility index (Phi) is 5.03. The van der Waals surface area contributed by atoms with Crippen molar-refractivity contribution in [3.05, 3.63) is 71.7 Å². The predicted molar refractivity (Wildman–Crippen MR) is 91.5 cm³/mol. The summed E-state index contributed by atoms with van der Waals surface area (Å²) in [4.78, 5) is 12.4. The summed E-state index contributed by atoms with van der Waals surface area (Å²) in [6.07, 6.45) is 1.89. The Balaban J connectivity index is 1.81. The predicted octanol–water partition coefficient (Wildman–Crippen LogP) is 2.75. The van der Waals surface area contributed by atoms with Gasteiger partial charge in [0.1, 0.15) is 5.82 Å². The Labute approximate surface area is 139 Å². The number of Topliss-reactive ketones (excluding diaryl/α,β-unsaturated/α-hetero) is 1. The molecular formula is C19H19FN2O2. The van der Waals surface area contributed by atoms with E-state index in [9.17, 15) is 9.18 Å². The number of hydrogen-bond donors (Lipinski definition) is 2. The van der Waals surface area contributed by atoms with Crippen LogP contribution >= 0.6 is 0 Å². The first-order valence-electron chi connectivity index (χ1n) is 7.86. The average Bonchev–Trinajstić information content (AvgIpc) is 2.99. The second-order valence-electron chi connectivity index (χ2n) is 5.62. The highest BCUT2D eigenvalue weighted by Gasteiger charge is 2.10. The number of fused-ring (bicyclic) bond motifs is 1. The molecule has 0 aliphatic heterocycles. The number of aliphatic hydroxyl groups excluding tert-OH is 1. The fourth-order valence-corrected chi connectivity index (χ4v) is 2.76. The molecule has 0 bridgehead atoms. The summed E-state index contributed by atoms with van der Waals surface area (Å²) >= 11 is 0. The van der Waals surface area contributed by atoms with E-state index in [-0.39, 0.29) is 24.8 Å². The summed E-state index contributed by atoms with van der Waals surface area (Å²) in [7, 11) is 0. The number of hydrogen-bond acceptors (Lipinski definition) is 3. The molecule has 0 aliphatic rings. The molecule has 0 radical (unpaired) electrons. The molecular weight excluding hydrogens is 307 g/mol. The lowest BCUT2D eigenvalue weighted by molar-refractivity contribution is 0.0973. The van der Waals surface area contributed by atoms with Gasteiger partial charge in [-0.05, 0) is 42.0 Å². The molecule has 3 aromatic rings. The van der Waals surface area contributed by atoms with Crippen molar-refractivity contribution >= 4 is 16.7 Å². The zero-order chi connectivity index (χ0) is 16.9. The SMILES string of the molecule is O=C(Cn1ccc2c(CNCCO)cccc21)c1ccc(F)cc1. The number of aliphatic hydroxyl groups is 1. The number of benzene rings is 2. The van der Waals surface area contributed by atoms with Crippen LogP contribution in [0, 0.1) is 5.82 Å². The van der Waals surface area contributed by atoms with Crippen molar-refractivity contribution in [2.24, 2.45) is 0 Å². The van der Waals surface area contributed by atoms with Gasteiger partial charge < -0.3 is 15.0 Å². The maximum Gasteiger partial charge on any atom is 0.182 e. The van der Waals surface area contributed by atoms with Crippen molar-refractivity contribution in [2.75, 3.05) is 13.2 Å². The molecule has 0 spiro atoms. The fraction of sp³-hybridized carbons (Fsp3) is 0.211.